The van der Waals surface area contributed by atoms with Gasteiger partial charge in [0.1, 0.15) is 0 Å². The second-order valence-corrected chi connectivity index (χ2v) is 5.78. The molecule has 0 bridgehead atoms. The maximum Gasteiger partial charge on any atom is 0.0723 e. The van der Waals surface area contributed by atoms with Crippen LogP contribution in [-0.4, -0.2) is 11.2 Å². The predicted molar refractivity (Wildman–Crippen MR) is 87.8 cm³/mol. The number of hydrogen-bond donors (Lipinski definition) is 1. The molecule has 110 valence electrons. The van der Waals surface area contributed by atoms with Crippen molar-refractivity contribution in [3.05, 3.63) is 59.2 Å². The average Bonchev–Trinajstić information content (AvgIpc) is 2.39. The largest absolute Gasteiger partial charge is 0.389 e. The second kappa shape index (κ2) is 9.55. The van der Waals surface area contributed by atoms with Crippen molar-refractivity contribution in [1.29, 1.82) is 0 Å². The van der Waals surface area contributed by atoms with E-state index in [-0.39, 0.29) is 6.10 Å². The van der Waals surface area contributed by atoms with Crippen LogP contribution in [0.25, 0.3) is 0 Å². The van der Waals surface area contributed by atoms with Crippen molar-refractivity contribution in [2.24, 2.45) is 0 Å². The summed E-state index contributed by atoms with van der Waals surface area (Å²) in [6, 6.07) is 10.5. The van der Waals surface area contributed by atoms with Gasteiger partial charge in [0, 0.05) is 0 Å². The molecule has 1 unspecified atom stereocenters. The first-order valence-corrected chi connectivity index (χ1v) is 7.60. The first-order chi connectivity index (χ1) is 9.58. The lowest BCUT2D eigenvalue weighted by molar-refractivity contribution is 0.208. The molecule has 0 amide bonds. The van der Waals surface area contributed by atoms with E-state index in [1.165, 1.54) is 16.7 Å². The fourth-order valence-electron chi connectivity index (χ4n) is 2.24. The van der Waals surface area contributed by atoms with Gasteiger partial charge in [-0.15, -0.1) is 0 Å². The third-order valence-corrected chi connectivity index (χ3v) is 3.38. The maximum absolute atomic E-state index is 10.0. The van der Waals surface area contributed by atoms with Gasteiger partial charge in [0.25, 0.3) is 0 Å². The van der Waals surface area contributed by atoms with E-state index in [1.807, 2.05) is 12.1 Å². The van der Waals surface area contributed by atoms with Crippen LogP contribution in [0.5, 0.6) is 0 Å². The molecule has 0 spiro atoms. The number of aryl methyl sites for hydroxylation is 1. The van der Waals surface area contributed by atoms with Crippen LogP contribution in [0.15, 0.2) is 53.6 Å². The van der Waals surface area contributed by atoms with Crippen molar-refractivity contribution in [2.75, 3.05) is 0 Å². The Balaban J connectivity index is 2.25. The zero-order valence-electron chi connectivity index (χ0n) is 13.1. The van der Waals surface area contributed by atoms with Gasteiger partial charge >= 0.3 is 0 Å². The van der Waals surface area contributed by atoms with Crippen molar-refractivity contribution in [2.45, 2.75) is 59.0 Å². The molecule has 0 aliphatic carbocycles. The van der Waals surface area contributed by atoms with Crippen molar-refractivity contribution in [3.63, 3.8) is 0 Å². The number of aliphatic hydroxyl groups excluding tert-OH is 1. The highest BCUT2D eigenvalue weighted by Crippen LogP contribution is 2.11. The standard InChI is InChI=1S/C19H28O/c1-16(2)9-7-10-17(3)15-19(20)14-8-13-18-11-5-4-6-12-18/h4-6,9,11-12,15,19-20H,7-8,10,13-14H2,1-3H3/b17-15-. The van der Waals surface area contributed by atoms with Crippen LogP contribution in [0.3, 0.4) is 0 Å². The van der Waals surface area contributed by atoms with Crippen LogP contribution >= 0.6 is 0 Å². The number of hydrogen-bond acceptors (Lipinski definition) is 1. The van der Waals surface area contributed by atoms with Crippen molar-refractivity contribution in [3.8, 4) is 0 Å². The monoisotopic (exact) mass is 272 g/mol. The second-order valence-electron chi connectivity index (χ2n) is 5.78. The zero-order chi connectivity index (χ0) is 14.8. The molecule has 1 aromatic rings. The lowest BCUT2D eigenvalue weighted by atomic mass is 10.0. The van der Waals surface area contributed by atoms with E-state index in [9.17, 15) is 5.11 Å². The van der Waals surface area contributed by atoms with Crippen LogP contribution in [0.2, 0.25) is 0 Å². The third-order valence-electron chi connectivity index (χ3n) is 3.38. The minimum Gasteiger partial charge on any atom is -0.389 e. The van der Waals surface area contributed by atoms with E-state index < -0.39 is 0 Å². The fraction of sp³-hybridized carbons (Fsp3) is 0.474. The summed E-state index contributed by atoms with van der Waals surface area (Å²) in [6.07, 6.45) is 9.00. The molecule has 1 atom stereocenters. The molecule has 0 heterocycles. The van der Waals surface area contributed by atoms with Crippen LogP contribution < -0.4 is 0 Å². The molecule has 0 aliphatic heterocycles. The van der Waals surface area contributed by atoms with E-state index in [0.29, 0.717) is 0 Å². The van der Waals surface area contributed by atoms with Gasteiger partial charge in [0.15, 0.2) is 0 Å². The Kier molecular flexibility index (Phi) is 7.98. The highest BCUT2D eigenvalue weighted by atomic mass is 16.3. The van der Waals surface area contributed by atoms with Crippen LogP contribution in [0, 0.1) is 0 Å². The first-order valence-electron chi connectivity index (χ1n) is 7.60. The minimum atomic E-state index is -0.301. The zero-order valence-corrected chi connectivity index (χ0v) is 13.1. The van der Waals surface area contributed by atoms with Crippen molar-refractivity contribution in [1.82, 2.24) is 0 Å². The summed E-state index contributed by atoms with van der Waals surface area (Å²) in [7, 11) is 0. The SMILES string of the molecule is CC(C)=CCC/C(C)=C\C(O)CCCc1ccccc1. The topological polar surface area (TPSA) is 20.2 Å². The van der Waals surface area contributed by atoms with Crippen molar-refractivity contribution >= 4 is 0 Å². The molecular weight excluding hydrogens is 244 g/mol. The molecule has 0 aliphatic rings. The Morgan fingerprint density at radius 3 is 2.50 bits per heavy atom. The van der Waals surface area contributed by atoms with Gasteiger partial charge in [-0.25, -0.2) is 0 Å². The third kappa shape index (κ3) is 7.96. The number of rotatable bonds is 8. The lowest BCUT2D eigenvalue weighted by Gasteiger charge is -2.08. The summed E-state index contributed by atoms with van der Waals surface area (Å²) in [5, 5.41) is 10.0. The molecule has 1 rings (SSSR count). The first kappa shape index (κ1) is 16.7. The normalized spacial score (nSPS) is 13.1. The number of benzene rings is 1. The molecule has 1 nitrogen and oxygen atoms in total. The smallest absolute Gasteiger partial charge is 0.0723 e. The van der Waals surface area contributed by atoms with Gasteiger partial charge < -0.3 is 5.11 Å². The molecule has 0 fully saturated rings. The fourth-order valence-corrected chi connectivity index (χ4v) is 2.24. The summed E-state index contributed by atoms with van der Waals surface area (Å²) >= 11 is 0. The molecule has 0 radical (unpaired) electrons. The summed E-state index contributed by atoms with van der Waals surface area (Å²) in [5.41, 5.74) is 4.00. The van der Waals surface area contributed by atoms with Gasteiger partial charge in [0.2, 0.25) is 0 Å². The Hall–Kier alpha value is -1.34. The molecule has 0 saturated heterocycles. The Labute approximate surface area is 124 Å². The van der Waals surface area contributed by atoms with Crippen LogP contribution in [0.4, 0.5) is 0 Å². The van der Waals surface area contributed by atoms with E-state index >= 15 is 0 Å². The quantitative estimate of drug-likeness (QED) is 0.656. The van der Waals surface area contributed by atoms with E-state index in [0.717, 1.165) is 32.1 Å². The van der Waals surface area contributed by atoms with E-state index in [4.69, 9.17) is 0 Å². The lowest BCUT2D eigenvalue weighted by Crippen LogP contribution is -2.04. The van der Waals surface area contributed by atoms with Gasteiger partial charge in [-0.1, -0.05) is 53.6 Å². The van der Waals surface area contributed by atoms with Crippen molar-refractivity contribution < 1.29 is 5.11 Å². The molecule has 1 N–H and O–H groups in total. The average molecular weight is 272 g/mol. The molecule has 1 aromatic carbocycles. The van der Waals surface area contributed by atoms with Gasteiger partial charge in [-0.3, -0.25) is 0 Å². The maximum atomic E-state index is 10.0. The van der Waals surface area contributed by atoms with Gasteiger partial charge in [0.05, 0.1) is 6.10 Å². The van der Waals surface area contributed by atoms with E-state index in [1.54, 1.807) is 0 Å². The molecule has 0 saturated carbocycles. The summed E-state index contributed by atoms with van der Waals surface area (Å²) in [4.78, 5) is 0. The summed E-state index contributed by atoms with van der Waals surface area (Å²) in [5.74, 6) is 0. The number of allylic oxidation sites excluding steroid dienone is 3. The van der Waals surface area contributed by atoms with Crippen LogP contribution in [-0.2, 0) is 6.42 Å². The predicted octanol–water partition coefficient (Wildman–Crippen LogP) is 5.06. The molecule has 20 heavy (non-hydrogen) atoms. The molecule has 1 heteroatoms. The van der Waals surface area contributed by atoms with Crippen LogP contribution in [0.1, 0.15) is 52.0 Å². The highest BCUT2D eigenvalue weighted by Gasteiger charge is 2.01. The van der Waals surface area contributed by atoms with E-state index in [2.05, 4.69) is 51.1 Å². The minimum absolute atomic E-state index is 0.301. The Bertz CT molecular complexity index is 424. The van der Waals surface area contributed by atoms with Gasteiger partial charge in [-0.2, -0.15) is 0 Å². The molecular formula is C19H28O. The Morgan fingerprint density at radius 2 is 1.85 bits per heavy atom. The molecule has 0 aromatic heterocycles. The summed E-state index contributed by atoms with van der Waals surface area (Å²) < 4.78 is 0. The highest BCUT2D eigenvalue weighted by molar-refractivity contribution is 5.14. The Morgan fingerprint density at radius 1 is 1.15 bits per heavy atom. The van der Waals surface area contributed by atoms with Gasteiger partial charge in [-0.05, 0) is 58.4 Å². The number of aliphatic hydroxyl groups is 1. The summed E-state index contributed by atoms with van der Waals surface area (Å²) in [6.45, 7) is 6.36.